The summed E-state index contributed by atoms with van der Waals surface area (Å²) in [5, 5.41) is 18.8. The lowest BCUT2D eigenvalue weighted by atomic mass is 10.2. The molecule has 0 spiro atoms. The van der Waals surface area contributed by atoms with Gasteiger partial charge in [-0.3, -0.25) is 4.79 Å². The van der Waals surface area contributed by atoms with Gasteiger partial charge >= 0.3 is 0 Å². The van der Waals surface area contributed by atoms with Crippen LogP contribution >= 0.6 is 11.6 Å². The fourth-order valence-corrected chi connectivity index (χ4v) is 3.06. The molecule has 12 heteroatoms. The number of ether oxygens (including phenoxy) is 4. The molecule has 4 N–H and O–H groups in total. The molecule has 0 radical (unpaired) electrons. The van der Waals surface area contributed by atoms with Crippen molar-refractivity contribution < 1.29 is 34.0 Å². The number of hydrogen-bond acceptors (Lipinski definition) is 10. The topological polar surface area (TPSA) is 149 Å². The summed E-state index contributed by atoms with van der Waals surface area (Å²) in [6, 6.07) is 4.78. The average Bonchev–Trinajstić information content (AvgIpc) is 2.81. The van der Waals surface area contributed by atoms with Crippen LogP contribution in [0.1, 0.15) is 16.2 Å². The molecule has 1 amide bonds. The molecule has 32 heavy (non-hydrogen) atoms. The minimum atomic E-state index is -1.07. The van der Waals surface area contributed by atoms with Crippen molar-refractivity contribution in [3.63, 3.8) is 0 Å². The Morgan fingerprint density at radius 3 is 2.75 bits per heavy atom. The average molecular weight is 469 g/mol. The Morgan fingerprint density at radius 1 is 1.34 bits per heavy atom. The number of nitrogens with two attached hydrogens (primary N) is 1. The molecule has 1 aromatic carbocycles. The number of amides is 1. The lowest BCUT2D eigenvalue weighted by Gasteiger charge is -2.28. The number of aliphatic hydroxyl groups excluding tert-OH is 2. The first-order valence-corrected chi connectivity index (χ1v) is 10.2. The van der Waals surface area contributed by atoms with Gasteiger partial charge in [-0.2, -0.15) is 0 Å². The van der Waals surface area contributed by atoms with Crippen LogP contribution in [0.2, 0.25) is 5.02 Å². The number of aromatic nitrogens is 2. The third kappa shape index (κ3) is 5.96. The molecule has 1 fully saturated rings. The van der Waals surface area contributed by atoms with Crippen LogP contribution in [-0.4, -0.2) is 78.8 Å². The van der Waals surface area contributed by atoms with Gasteiger partial charge in [0.05, 0.1) is 45.2 Å². The summed E-state index contributed by atoms with van der Waals surface area (Å²) in [5.74, 6) is 0.107. The second-order valence-corrected chi connectivity index (χ2v) is 7.27. The summed E-state index contributed by atoms with van der Waals surface area (Å²) in [6.07, 6.45) is -1.07. The first-order valence-electron chi connectivity index (χ1n) is 9.84. The Morgan fingerprint density at radius 2 is 2.09 bits per heavy atom. The molecule has 0 saturated carbocycles. The van der Waals surface area contributed by atoms with Crippen molar-refractivity contribution in [2.24, 2.45) is 5.73 Å². The van der Waals surface area contributed by atoms with Gasteiger partial charge in [-0.25, -0.2) is 9.97 Å². The standard InChI is InChI=1S/C20H25ClN4O7/c1-29-13-2-3-14(21)16(8-13)32-18-15(11-31-10-12(27)9-26)23-20(24-17(18)19(22)28)25-4-6-30-7-5-25/h2-3,8,12,26-27H,4-7,9-11H2,1H3,(H2,22,28). The molecule has 1 aromatic heterocycles. The van der Waals surface area contributed by atoms with Crippen molar-refractivity contribution in [3.8, 4) is 17.2 Å². The van der Waals surface area contributed by atoms with Crippen LogP contribution in [0, 0.1) is 0 Å². The number of aliphatic hydroxyl groups is 2. The zero-order valence-electron chi connectivity index (χ0n) is 17.5. The quantitative estimate of drug-likeness (QED) is 0.455. The lowest BCUT2D eigenvalue weighted by molar-refractivity contribution is -0.00125. The molecule has 174 valence electrons. The van der Waals surface area contributed by atoms with Crippen molar-refractivity contribution in [1.82, 2.24) is 9.97 Å². The molecule has 1 aliphatic heterocycles. The first kappa shape index (κ1) is 24.0. The summed E-state index contributed by atoms with van der Waals surface area (Å²) >= 11 is 6.25. The van der Waals surface area contributed by atoms with E-state index in [1.807, 2.05) is 4.90 Å². The smallest absolute Gasteiger partial charge is 0.271 e. The van der Waals surface area contributed by atoms with E-state index in [0.29, 0.717) is 32.1 Å². The van der Waals surface area contributed by atoms with E-state index >= 15 is 0 Å². The monoisotopic (exact) mass is 468 g/mol. The summed E-state index contributed by atoms with van der Waals surface area (Å²) in [5.41, 5.74) is 5.67. The number of benzene rings is 1. The number of primary amides is 1. The number of morpholine rings is 1. The number of carbonyl (C=O) groups excluding carboxylic acids is 1. The minimum absolute atomic E-state index is 0.0249. The van der Waals surface area contributed by atoms with Crippen LogP contribution in [-0.2, 0) is 16.1 Å². The zero-order valence-corrected chi connectivity index (χ0v) is 18.2. The van der Waals surface area contributed by atoms with Gasteiger partial charge in [-0.15, -0.1) is 0 Å². The highest BCUT2D eigenvalue weighted by Crippen LogP contribution is 2.36. The van der Waals surface area contributed by atoms with Gasteiger partial charge in [0.25, 0.3) is 5.91 Å². The molecular formula is C20H25ClN4O7. The normalized spacial score (nSPS) is 14.8. The number of carbonyl (C=O) groups is 1. The van der Waals surface area contributed by atoms with Crippen molar-refractivity contribution in [2.45, 2.75) is 12.7 Å². The van der Waals surface area contributed by atoms with Crippen LogP contribution in [0.15, 0.2) is 18.2 Å². The first-order chi connectivity index (χ1) is 15.4. The Balaban J connectivity index is 2.02. The summed E-state index contributed by atoms with van der Waals surface area (Å²) in [4.78, 5) is 23.0. The molecular weight excluding hydrogens is 444 g/mol. The molecule has 1 aliphatic rings. The van der Waals surface area contributed by atoms with E-state index in [-0.39, 0.29) is 47.1 Å². The maximum Gasteiger partial charge on any atom is 0.271 e. The molecule has 0 aliphatic carbocycles. The van der Waals surface area contributed by atoms with E-state index in [9.17, 15) is 9.90 Å². The Labute approximate surface area is 189 Å². The number of rotatable bonds is 10. The molecule has 3 rings (SSSR count). The molecule has 1 atom stereocenters. The molecule has 2 aromatic rings. The van der Waals surface area contributed by atoms with E-state index in [0.717, 1.165) is 0 Å². The van der Waals surface area contributed by atoms with E-state index in [1.54, 1.807) is 18.2 Å². The van der Waals surface area contributed by atoms with Crippen LogP contribution in [0.5, 0.6) is 17.2 Å². The van der Waals surface area contributed by atoms with Gasteiger partial charge in [0, 0.05) is 19.2 Å². The van der Waals surface area contributed by atoms with Gasteiger partial charge in [-0.1, -0.05) is 11.6 Å². The molecule has 11 nitrogen and oxygen atoms in total. The number of nitrogens with zero attached hydrogens (tertiary/aromatic N) is 3. The predicted molar refractivity (Wildman–Crippen MR) is 114 cm³/mol. The van der Waals surface area contributed by atoms with Gasteiger partial charge in [-0.05, 0) is 12.1 Å². The number of anilines is 1. The Kier molecular flexibility index (Phi) is 8.42. The van der Waals surface area contributed by atoms with Crippen molar-refractivity contribution in [2.75, 3.05) is 51.5 Å². The molecule has 0 bridgehead atoms. The summed E-state index contributed by atoms with van der Waals surface area (Å²) in [7, 11) is 1.49. The molecule has 1 saturated heterocycles. The predicted octanol–water partition coefficient (Wildman–Crippen LogP) is 0.736. The number of halogens is 1. The van der Waals surface area contributed by atoms with E-state index in [1.165, 1.54) is 7.11 Å². The highest BCUT2D eigenvalue weighted by atomic mass is 35.5. The summed E-state index contributed by atoms with van der Waals surface area (Å²) < 4.78 is 22.0. The number of hydrogen-bond donors (Lipinski definition) is 3. The van der Waals surface area contributed by atoms with Crippen LogP contribution in [0.3, 0.4) is 0 Å². The van der Waals surface area contributed by atoms with E-state index in [2.05, 4.69) is 9.97 Å². The summed E-state index contributed by atoms with van der Waals surface area (Å²) in [6.45, 7) is 1.28. The Bertz CT molecular complexity index is 940. The zero-order chi connectivity index (χ0) is 23.1. The number of methoxy groups -OCH3 is 1. The van der Waals surface area contributed by atoms with E-state index in [4.69, 9.17) is 41.4 Å². The molecule has 2 heterocycles. The van der Waals surface area contributed by atoms with Crippen molar-refractivity contribution in [1.29, 1.82) is 0 Å². The third-order valence-electron chi connectivity index (χ3n) is 4.56. The third-order valence-corrected chi connectivity index (χ3v) is 4.87. The second-order valence-electron chi connectivity index (χ2n) is 6.86. The van der Waals surface area contributed by atoms with Crippen LogP contribution in [0.4, 0.5) is 5.95 Å². The van der Waals surface area contributed by atoms with Gasteiger partial charge in [0.1, 0.15) is 23.3 Å². The van der Waals surface area contributed by atoms with Crippen LogP contribution < -0.4 is 20.1 Å². The highest BCUT2D eigenvalue weighted by molar-refractivity contribution is 6.32. The maximum absolute atomic E-state index is 12.3. The minimum Gasteiger partial charge on any atom is -0.497 e. The Hall–Kier alpha value is -2.70. The van der Waals surface area contributed by atoms with Gasteiger partial charge in [0.2, 0.25) is 5.95 Å². The largest absolute Gasteiger partial charge is 0.497 e. The molecule has 1 unspecified atom stereocenters. The van der Waals surface area contributed by atoms with E-state index < -0.39 is 18.6 Å². The second kappa shape index (κ2) is 11.2. The van der Waals surface area contributed by atoms with Gasteiger partial charge in [0.15, 0.2) is 11.4 Å². The lowest BCUT2D eigenvalue weighted by Crippen LogP contribution is -2.38. The van der Waals surface area contributed by atoms with Crippen molar-refractivity contribution in [3.05, 3.63) is 34.6 Å². The fourth-order valence-electron chi connectivity index (χ4n) is 2.90. The maximum atomic E-state index is 12.3. The fraction of sp³-hybridized carbons (Fsp3) is 0.450. The van der Waals surface area contributed by atoms with Crippen LogP contribution in [0.25, 0.3) is 0 Å². The highest BCUT2D eigenvalue weighted by Gasteiger charge is 2.25. The van der Waals surface area contributed by atoms with Gasteiger partial charge < -0.3 is 39.8 Å². The SMILES string of the molecule is COc1ccc(Cl)c(Oc2c(COCC(O)CO)nc(N3CCOCC3)nc2C(N)=O)c1. The van der Waals surface area contributed by atoms with Crippen molar-refractivity contribution >= 4 is 23.5 Å².